The minimum absolute atomic E-state index is 0.505. The van der Waals surface area contributed by atoms with Gasteiger partial charge in [0.25, 0.3) is 6.08 Å². The molecule has 1 aromatic rings. The molecule has 2 aliphatic rings. The van der Waals surface area contributed by atoms with Gasteiger partial charge in [-0.15, -0.1) is 0 Å². The van der Waals surface area contributed by atoms with Crippen LogP contribution < -0.4 is 0 Å². The van der Waals surface area contributed by atoms with Gasteiger partial charge in [-0.25, -0.2) is 0 Å². The minimum atomic E-state index is -1.63. The largest absolute Gasteiger partial charge is 0.378 e. The molecule has 3 rings (SSSR count). The predicted molar refractivity (Wildman–Crippen MR) is 122 cm³/mol. The first-order valence-electron chi connectivity index (χ1n) is 12.4. The monoisotopic (exact) mass is 418 g/mol. The quantitative estimate of drug-likeness (QED) is 0.345. The van der Waals surface area contributed by atoms with Gasteiger partial charge in [0.2, 0.25) is 0 Å². The van der Waals surface area contributed by atoms with Gasteiger partial charge in [-0.2, -0.15) is 8.78 Å². The van der Waals surface area contributed by atoms with Crippen LogP contribution in [-0.2, 0) is 4.74 Å². The number of hydrogen-bond acceptors (Lipinski definition) is 1. The third-order valence-corrected chi connectivity index (χ3v) is 7.44. The summed E-state index contributed by atoms with van der Waals surface area (Å²) in [5.41, 5.74) is 1.91. The summed E-state index contributed by atoms with van der Waals surface area (Å²) in [5.74, 6) is 2.36. The van der Waals surface area contributed by atoms with Crippen LogP contribution in [0.1, 0.15) is 107 Å². The minimum Gasteiger partial charge on any atom is -0.378 e. The number of hydrogen-bond donors (Lipinski definition) is 0. The summed E-state index contributed by atoms with van der Waals surface area (Å²) >= 11 is 0. The maximum absolute atomic E-state index is 12.4. The highest BCUT2D eigenvalue weighted by Gasteiger charge is 2.31. The Hall–Kier alpha value is -1.22. The molecule has 0 atom stereocenters. The Morgan fingerprint density at radius 2 is 1.43 bits per heavy atom. The molecule has 0 aliphatic heterocycles. The van der Waals surface area contributed by atoms with Crippen LogP contribution in [0.3, 0.4) is 0 Å². The fourth-order valence-corrected chi connectivity index (χ4v) is 5.60. The Labute approximate surface area is 182 Å². The zero-order chi connectivity index (χ0) is 21.2. The summed E-state index contributed by atoms with van der Waals surface area (Å²) in [6, 6.07) is 7.74. The molecule has 2 aliphatic carbocycles. The van der Waals surface area contributed by atoms with Gasteiger partial charge in [-0.3, -0.25) is 0 Å². The summed E-state index contributed by atoms with van der Waals surface area (Å²) in [6.45, 7) is 3.21. The van der Waals surface area contributed by atoms with E-state index in [2.05, 4.69) is 6.92 Å². The smallest absolute Gasteiger partial charge is 0.270 e. The third-order valence-electron chi connectivity index (χ3n) is 7.44. The van der Waals surface area contributed by atoms with E-state index >= 15 is 0 Å². The van der Waals surface area contributed by atoms with E-state index in [1.165, 1.54) is 89.0 Å². The van der Waals surface area contributed by atoms with E-state index < -0.39 is 6.08 Å². The molecule has 1 aromatic carbocycles. The molecule has 0 bridgehead atoms. The van der Waals surface area contributed by atoms with E-state index in [1.807, 2.05) is 24.3 Å². The van der Waals surface area contributed by atoms with Gasteiger partial charge >= 0.3 is 0 Å². The van der Waals surface area contributed by atoms with E-state index in [0.717, 1.165) is 24.5 Å². The van der Waals surface area contributed by atoms with Crippen molar-refractivity contribution in [2.45, 2.75) is 102 Å². The van der Waals surface area contributed by atoms with E-state index in [9.17, 15) is 8.78 Å². The molecule has 0 aromatic heterocycles. The first-order chi connectivity index (χ1) is 14.7. The summed E-state index contributed by atoms with van der Waals surface area (Å²) in [7, 11) is 0. The van der Waals surface area contributed by atoms with Crippen LogP contribution in [0.5, 0.6) is 0 Å². The van der Waals surface area contributed by atoms with Crippen LogP contribution in [0.2, 0.25) is 0 Å². The molecule has 0 heterocycles. The number of halogens is 2. The first-order valence-corrected chi connectivity index (χ1v) is 12.4. The van der Waals surface area contributed by atoms with Crippen molar-refractivity contribution in [1.82, 2.24) is 0 Å². The summed E-state index contributed by atoms with van der Waals surface area (Å²) in [4.78, 5) is 0. The second-order valence-corrected chi connectivity index (χ2v) is 9.53. The van der Waals surface area contributed by atoms with Crippen molar-refractivity contribution in [3.63, 3.8) is 0 Å². The molecular weight excluding hydrogens is 378 g/mol. The van der Waals surface area contributed by atoms with Gasteiger partial charge in [-0.1, -0.05) is 56.9 Å². The Kier molecular flexibility index (Phi) is 9.84. The van der Waals surface area contributed by atoms with Crippen molar-refractivity contribution in [3.05, 3.63) is 41.5 Å². The Bertz CT molecular complexity index is 619. The maximum Gasteiger partial charge on any atom is 0.270 e. The molecule has 3 heteroatoms. The Morgan fingerprint density at radius 3 is 2.03 bits per heavy atom. The standard InChI is InChI=1S/C27H40F2O/c1-2-3-4-5-6-19-30-26-17-15-25(16-18-26)24-13-11-23(12-14-24)22-9-7-21(8-10-22)20-27(28)29/h7-10,20,23-26H,2-6,11-19H2,1H3. The average Bonchev–Trinajstić information content (AvgIpc) is 2.77. The van der Waals surface area contributed by atoms with Crippen molar-refractivity contribution in [1.29, 1.82) is 0 Å². The van der Waals surface area contributed by atoms with Gasteiger partial charge in [0, 0.05) is 12.7 Å². The van der Waals surface area contributed by atoms with Gasteiger partial charge in [0.1, 0.15) is 0 Å². The van der Waals surface area contributed by atoms with Gasteiger partial charge in [0.15, 0.2) is 0 Å². The normalized spacial score (nSPS) is 27.0. The van der Waals surface area contributed by atoms with Gasteiger partial charge in [0.05, 0.1) is 6.10 Å². The lowest BCUT2D eigenvalue weighted by Crippen LogP contribution is -2.28. The third kappa shape index (κ3) is 7.48. The Morgan fingerprint density at radius 1 is 0.833 bits per heavy atom. The van der Waals surface area contributed by atoms with Crippen LogP contribution in [-0.4, -0.2) is 12.7 Å². The molecule has 0 spiro atoms. The molecule has 0 N–H and O–H groups in total. The van der Waals surface area contributed by atoms with Crippen LogP contribution in [0.4, 0.5) is 8.78 Å². The fraction of sp³-hybridized carbons (Fsp3) is 0.704. The number of benzene rings is 1. The molecule has 168 valence electrons. The SMILES string of the molecule is CCCCCCCOC1CCC(C2CCC(c3ccc(C=C(F)F)cc3)CC2)CC1. The van der Waals surface area contributed by atoms with E-state index in [1.54, 1.807) is 0 Å². The van der Waals surface area contributed by atoms with Crippen molar-refractivity contribution in [3.8, 4) is 0 Å². The molecule has 30 heavy (non-hydrogen) atoms. The lowest BCUT2D eigenvalue weighted by Gasteiger charge is -2.38. The van der Waals surface area contributed by atoms with E-state index in [4.69, 9.17) is 4.74 Å². The van der Waals surface area contributed by atoms with Crippen molar-refractivity contribution < 1.29 is 13.5 Å². The van der Waals surface area contributed by atoms with Crippen molar-refractivity contribution in [2.75, 3.05) is 6.61 Å². The number of rotatable bonds is 10. The summed E-state index contributed by atoms with van der Waals surface area (Å²) < 4.78 is 30.9. The summed E-state index contributed by atoms with van der Waals surface area (Å²) in [5, 5.41) is 0. The molecule has 2 saturated carbocycles. The van der Waals surface area contributed by atoms with Crippen LogP contribution in [0, 0.1) is 11.8 Å². The molecule has 0 radical (unpaired) electrons. The highest BCUT2D eigenvalue weighted by molar-refractivity contribution is 5.50. The van der Waals surface area contributed by atoms with Crippen LogP contribution in [0.25, 0.3) is 6.08 Å². The van der Waals surface area contributed by atoms with Gasteiger partial charge < -0.3 is 4.74 Å². The fourth-order valence-electron chi connectivity index (χ4n) is 5.60. The second kappa shape index (κ2) is 12.6. The van der Waals surface area contributed by atoms with Crippen LogP contribution in [0.15, 0.2) is 30.3 Å². The molecule has 0 unspecified atom stereocenters. The first kappa shape index (κ1) is 23.4. The lowest BCUT2D eigenvalue weighted by molar-refractivity contribution is 0.00624. The lowest BCUT2D eigenvalue weighted by atomic mass is 9.69. The molecule has 2 fully saturated rings. The second-order valence-electron chi connectivity index (χ2n) is 9.53. The predicted octanol–water partition coefficient (Wildman–Crippen LogP) is 8.74. The molecule has 1 nitrogen and oxygen atoms in total. The highest BCUT2D eigenvalue weighted by atomic mass is 19.3. The average molecular weight is 419 g/mol. The molecular formula is C27H40F2O. The zero-order valence-electron chi connectivity index (χ0n) is 18.8. The molecule has 0 amide bonds. The molecule has 0 saturated heterocycles. The van der Waals surface area contributed by atoms with Crippen molar-refractivity contribution in [2.24, 2.45) is 11.8 Å². The topological polar surface area (TPSA) is 9.23 Å². The van der Waals surface area contributed by atoms with Gasteiger partial charge in [-0.05, 0) is 86.7 Å². The van der Waals surface area contributed by atoms with Crippen LogP contribution >= 0.6 is 0 Å². The Balaban J connectivity index is 1.33. The number of unbranched alkanes of at least 4 members (excludes halogenated alkanes) is 4. The number of ether oxygens (including phenoxy) is 1. The van der Waals surface area contributed by atoms with E-state index in [-0.39, 0.29) is 0 Å². The highest BCUT2D eigenvalue weighted by Crippen LogP contribution is 2.43. The zero-order valence-corrected chi connectivity index (χ0v) is 18.8. The maximum atomic E-state index is 12.4. The van der Waals surface area contributed by atoms with E-state index in [0.29, 0.717) is 17.6 Å². The summed E-state index contributed by atoms with van der Waals surface area (Å²) in [6.07, 6.45) is 16.7. The van der Waals surface area contributed by atoms with Crippen molar-refractivity contribution >= 4 is 6.08 Å².